The Balaban J connectivity index is 2.72. The van der Waals surface area contributed by atoms with Crippen molar-refractivity contribution >= 4 is 5.91 Å². The lowest BCUT2D eigenvalue weighted by Crippen LogP contribution is -2.23. The number of hydrogen-bond donors (Lipinski definition) is 1. The number of ether oxygens (including phenoxy) is 2. The first-order chi connectivity index (χ1) is 9.58. The quantitative estimate of drug-likeness (QED) is 0.744. The van der Waals surface area contributed by atoms with Gasteiger partial charge >= 0.3 is 0 Å². The lowest BCUT2D eigenvalue weighted by molar-refractivity contribution is 0.0364. The number of methoxy groups -OCH3 is 1. The number of carbonyl (C=O) groups is 1. The maximum atomic E-state index is 11.8. The molecule has 1 aromatic carbocycles. The van der Waals surface area contributed by atoms with Crippen molar-refractivity contribution in [3.05, 3.63) is 23.8 Å². The molecule has 0 saturated heterocycles. The molecule has 0 aliphatic heterocycles. The third-order valence-electron chi connectivity index (χ3n) is 2.69. The molecule has 0 atom stereocenters. The van der Waals surface area contributed by atoms with Crippen LogP contribution in [0.5, 0.6) is 11.5 Å². The lowest BCUT2D eigenvalue weighted by atomic mass is 10.1. The summed E-state index contributed by atoms with van der Waals surface area (Å²) in [6.07, 6.45) is 0.968. The Kier molecular flexibility index (Phi) is 6.87. The van der Waals surface area contributed by atoms with E-state index in [1.807, 2.05) is 0 Å². The second kappa shape index (κ2) is 8.43. The van der Waals surface area contributed by atoms with Gasteiger partial charge in [0.05, 0.1) is 20.3 Å². The van der Waals surface area contributed by atoms with E-state index in [0.717, 1.165) is 6.42 Å². The van der Waals surface area contributed by atoms with E-state index in [2.05, 4.69) is 19.3 Å². The van der Waals surface area contributed by atoms with Crippen molar-refractivity contribution in [3.63, 3.8) is 0 Å². The van der Waals surface area contributed by atoms with Gasteiger partial charge in [0.15, 0.2) is 11.5 Å². The average Bonchev–Trinajstić information content (AvgIpc) is 2.44. The van der Waals surface area contributed by atoms with Crippen molar-refractivity contribution in [2.24, 2.45) is 5.92 Å². The summed E-state index contributed by atoms with van der Waals surface area (Å²) in [5, 5.41) is 0. The summed E-state index contributed by atoms with van der Waals surface area (Å²) in [5.41, 5.74) is 2.81. The zero-order valence-electron chi connectivity index (χ0n) is 12.6. The molecule has 20 heavy (non-hydrogen) atoms. The van der Waals surface area contributed by atoms with Crippen molar-refractivity contribution in [3.8, 4) is 11.5 Å². The van der Waals surface area contributed by atoms with Gasteiger partial charge in [0.25, 0.3) is 5.91 Å². The van der Waals surface area contributed by atoms with Crippen LogP contribution >= 0.6 is 0 Å². The topological polar surface area (TPSA) is 56.8 Å². The van der Waals surface area contributed by atoms with E-state index in [-0.39, 0.29) is 5.91 Å². The van der Waals surface area contributed by atoms with Crippen LogP contribution in [-0.2, 0) is 4.84 Å². The molecule has 1 aromatic rings. The van der Waals surface area contributed by atoms with E-state index in [0.29, 0.717) is 36.2 Å². The third-order valence-corrected chi connectivity index (χ3v) is 2.69. The fourth-order valence-electron chi connectivity index (χ4n) is 1.53. The summed E-state index contributed by atoms with van der Waals surface area (Å²) in [5.74, 6) is 1.45. The Bertz CT molecular complexity index is 432. The number of hydroxylamine groups is 1. The number of hydrogen-bond acceptors (Lipinski definition) is 4. The number of benzene rings is 1. The van der Waals surface area contributed by atoms with Crippen molar-refractivity contribution < 1.29 is 19.1 Å². The van der Waals surface area contributed by atoms with Gasteiger partial charge in [-0.3, -0.25) is 9.63 Å². The van der Waals surface area contributed by atoms with Crippen molar-refractivity contribution in [1.29, 1.82) is 0 Å². The Labute approximate surface area is 120 Å². The van der Waals surface area contributed by atoms with E-state index in [9.17, 15) is 4.79 Å². The van der Waals surface area contributed by atoms with Gasteiger partial charge in [0.2, 0.25) is 0 Å². The Hall–Kier alpha value is -1.75. The number of amides is 1. The Morgan fingerprint density at radius 1 is 1.30 bits per heavy atom. The predicted molar refractivity (Wildman–Crippen MR) is 77.0 cm³/mol. The van der Waals surface area contributed by atoms with Crippen molar-refractivity contribution in [2.45, 2.75) is 27.2 Å². The average molecular weight is 281 g/mol. The molecule has 0 spiro atoms. The smallest absolute Gasteiger partial charge is 0.274 e. The van der Waals surface area contributed by atoms with Gasteiger partial charge < -0.3 is 9.47 Å². The van der Waals surface area contributed by atoms with Crippen LogP contribution in [0.2, 0.25) is 0 Å². The minimum Gasteiger partial charge on any atom is -0.493 e. The Morgan fingerprint density at radius 2 is 2.05 bits per heavy atom. The molecule has 112 valence electrons. The molecule has 0 heterocycles. The largest absolute Gasteiger partial charge is 0.493 e. The normalized spacial score (nSPS) is 10.4. The standard InChI is InChI=1S/C15H23NO4/c1-5-20-16-15(17)12-6-7-13(14(10-12)18-4)19-9-8-11(2)3/h6-7,10-11H,5,8-9H2,1-4H3,(H,16,17). The molecule has 1 rings (SSSR count). The summed E-state index contributed by atoms with van der Waals surface area (Å²) in [6.45, 7) is 7.12. The first kappa shape index (κ1) is 16.3. The van der Waals surface area contributed by atoms with E-state index < -0.39 is 0 Å². The van der Waals surface area contributed by atoms with Gasteiger partial charge in [0, 0.05) is 5.56 Å². The van der Waals surface area contributed by atoms with Crippen LogP contribution in [0.15, 0.2) is 18.2 Å². The molecular formula is C15H23NO4. The summed E-state index contributed by atoms with van der Waals surface area (Å²) in [7, 11) is 1.55. The van der Waals surface area contributed by atoms with Crippen LogP contribution in [0.25, 0.3) is 0 Å². The first-order valence-electron chi connectivity index (χ1n) is 6.81. The summed E-state index contributed by atoms with van der Waals surface area (Å²) >= 11 is 0. The number of nitrogens with one attached hydrogen (secondary N) is 1. The van der Waals surface area contributed by atoms with E-state index in [4.69, 9.17) is 14.3 Å². The zero-order chi connectivity index (χ0) is 15.0. The van der Waals surface area contributed by atoms with Crippen LogP contribution in [0.4, 0.5) is 0 Å². The fraction of sp³-hybridized carbons (Fsp3) is 0.533. The van der Waals surface area contributed by atoms with Gasteiger partial charge in [-0.15, -0.1) is 0 Å². The molecule has 0 fully saturated rings. The predicted octanol–water partition coefficient (Wildman–Crippen LogP) is 2.80. The highest BCUT2D eigenvalue weighted by Crippen LogP contribution is 2.28. The van der Waals surface area contributed by atoms with Crippen LogP contribution in [0.3, 0.4) is 0 Å². The maximum absolute atomic E-state index is 11.8. The molecule has 0 unspecified atom stereocenters. The van der Waals surface area contributed by atoms with Gasteiger partial charge in [-0.05, 0) is 37.5 Å². The summed E-state index contributed by atoms with van der Waals surface area (Å²) in [4.78, 5) is 16.6. The number of carbonyl (C=O) groups excluding carboxylic acids is 1. The van der Waals surface area contributed by atoms with Gasteiger partial charge in [-0.25, -0.2) is 5.48 Å². The lowest BCUT2D eigenvalue weighted by Gasteiger charge is -2.13. The van der Waals surface area contributed by atoms with Gasteiger partial charge in [-0.2, -0.15) is 0 Å². The molecule has 0 bridgehead atoms. The second-order valence-electron chi connectivity index (χ2n) is 4.76. The van der Waals surface area contributed by atoms with Crippen LogP contribution in [-0.4, -0.2) is 26.2 Å². The minimum atomic E-state index is -0.307. The van der Waals surface area contributed by atoms with Crippen LogP contribution in [0.1, 0.15) is 37.6 Å². The Morgan fingerprint density at radius 3 is 2.65 bits per heavy atom. The van der Waals surface area contributed by atoms with E-state index in [1.54, 1.807) is 32.2 Å². The first-order valence-corrected chi connectivity index (χ1v) is 6.81. The molecule has 0 saturated carbocycles. The van der Waals surface area contributed by atoms with E-state index in [1.165, 1.54) is 0 Å². The monoisotopic (exact) mass is 281 g/mol. The number of rotatable bonds is 8. The van der Waals surface area contributed by atoms with Crippen LogP contribution in [0, 0.1) is 5.92 Å². The molecule has 1 N–H and O–H groups in total. The molecule has 5 heteroatoms. The molecule has 0 aliphatic rings. The molecule has 0 aliphatic carbocycles. The van der Waals surface area contributed by atoms with Crippen LogP contribution < -0.4 is 15.0 Å². The molecular weight excluding hydrogens is 258 g/mol. The SMILES string of the molecule is CCONC(=O)c1ccc(OCCC(C)C)c(OC)c1. The maximum Gasteiger partial charge on any atom is 0.274 e. The molecule has 5 nitrogen and oxygen atoms in total. The molecule has 1 amide bonds. The molecule has 0 aromatic heterocycles. The van der Waals surface area contributed by atoms with Crippen molar-refractivity contribution in [1.82, 2.24) is 5.48 Å². The van der Waals surface area contributed by atoms with Gasteiger partial charge in [-0.1, -0.05) is 13.8 Å². The molecule has 0 radical (unpaired) electrons. The second-order valence-corrected chi connectivity index (χ2v) is 4.76. The summed E-state index contributed by atoms with van der Waals surface area (Å²) < 4.78 is 10.9. The zero-order valence-corrected chi connectivity index (χ0v) is 12.6. The highest BCUT2D eigenvalue weighted by atomic mass is 16.6. The van der Waals surface area contributed by atoms with Crippen molar-refractivity contribution in [2.75, 3.05) is 20.3 Å². The third kappa shape index (κ3) is 5.09. The highest BCUT2D eigenvalue weighted by molar-refractivity contribution is 5.94. The highest BCUT2D eigenvalue weighted by Gasteiger charge is 2.11. The minimum absolute atomic E-state index is 0.307. The van der Waals surface area contributed by atoms with E-state index >= 15 is 0 Å². The van der Waals surface area contributed by atoms with Gasteiger partial charge in [0.1, 0.15) is 0 Å². The fourth-order valence-corrected chi connectivity index (χ4v) is 1.53. The summed E-state index contributed by atoms with van der Waals surface area (Å²) in [6, 6.07) is 5.06.